The lowest BCUT2D eigenvalue weighted by molar-refractivity contribution is -0.127. The highest BCUT2D eigenvalue weighted by atomic mass is 16.5. The van der Waals surface area contributed by atoms with Crippen LogP contribution in [0.3, 0.4) is 0 Å². The number of carbonyl (C=O) groups is 2. The van der Waals surface area contributed by atoms with Gasteiger partial charge in [0, 0.05) is 18.1 Å². The molecule has 0 saturated carbocycles. The van der Waals surface area contributed by atoms with Crippen molar-refractivity contribution in [2.75, 3.05) is 13.2 Å². The van der Waals surface area contributed by atoms with Gasteiger partial charge in [-0.05, 0) is 37.8 Å². The van der Waals surface area contributed by atoms with Crippen molar-refractivity contribution in [3.8, 4) is 5.75 Å². The zero-order chi connectivity index (χ0) is 16.1. The average Bonchev–Trinajstić information content (AvgIpc) is 2.90. The Bertz CT molecular complexity index is 537. The second-order valence-electron chi connectivity index (χ2n) is 6.25. The third-order valence-corrected chi connectivity index (χ3v) is 4.40. The maximum Gasteiger partial charge on any atom is 0.258 e. The third-order valence-electron chi connectivity index (χ3n) is 4.40. The van der Waals surface area contributed by atoms with E-state index in [0.717, 1.165) is 12.8 Å². The molecule has 0 aliphatic carbocycles. The highest BCUT2D eigenvalue weighted by Gasteiger charge is 2.33. The van der Waals surface area contributed by atoms with Crippen molar-refractivity contribution in [1.29, 1.82) is 0 Å². The van der Waals surface area contributed by atoms with Crippen molar-refractivity contribution in [1.82, 2.24) is 16.0 Å². The van der Waals surface area contributed by atoms with Crippen LogP contribution in [0.1, 0.15) is 25.7 Å². The van der Waals surface area contributed by atoms with Gasteiger partial charge in [-0.2, -0.15) is 0 Å². The van der Waals surface area contributed by atoms with E-state index in [0.29, 0.717) is 17.8 Å². The fraction of sp³-hybridized carbons (Fsp3) is 0.529. The molecule has 3 rings (SSSR count). The smallest absolute Gasteiger partial charge is 0.258 e. The van der Waals surface area contributed by atoms with E-state index in [1.54, 1.807) is 12.1 Å². The molecule has 2 bridgehead atoms. The van der Waals surface area contributed by atoms with E-state index in [2.05, 4.69) is 16.0 Å². The molecule has 0 spiro atoms. The van der Waals surface area contributed by atoms with E-state index in [1.807, 2.05) is 18.2 Å². The standard InChI is InChI=1S/C17H23N3O3/c21-16(20-14-8-12-6-7-13(9-14)19-12)10-18-17(22)11-23-15-4-2-1-3-5-15/h1-5,12-14,19H,6-11H2,(H,18,22)(H,20,21). The number of fused-ring (bicyclic) bond motifs is 2. The quantitative estimate of drug-likeness (QED) is 0.717. The van der Waals surface area contributed by atoms with Gasteiger partial charge in [-0.3, -0.25) is 9.59 Å². The van der Waals surface area contributed by atoms with Crippen LogP contribution in [0.5, 0.6) is 5.75 Å². The molecule has 23 heavy (non-hydrogen) atoms. The van der Waals surface area contributed by atoms with Gasteiger partial charge in [0.2, 0.25) is 5.91 Å². The Morgan fingerprint density at radius 1 is 1.09 bits per heavy atom. The van der Waals surface area contributed by atoms with Gasteiger partial charge in [0.25, 0.3) is 5.91 Å². The Balaban J connectivity index is 1.33. The predicted octanol–water partition coefficient (Wildman–Crippen LogP) is 0.581. The van der Waals surface area contributed by atoms with Crippen molar-refractivity contribution in [3.05, 3.63) is 30.3 Å². The highest BCUT2D eigenvalue weighted by Crippen LogP contribution is 2.26. The van der Waals surface area contributed by atoms with Crippen LogP contribution in [0.15, 0.2) is 30.3 Å². The van der Waals surface area contributed by atoms with Gasteiger partial charge >= 0.3 is 0 Å². The van der Waals surface area contributed by atoms with Crippen molar-refractivity contribution in [2.45, 2.75) is 43.8 Å². The van der Waals surface area contributed by atoms with Gasteiger partial charge in [-0.15, -0.1) is 0 Å². The largest absolute Gasteiger partial charge is 0.484 e. The van der Waals surface area contributed by atoms with Crippen LogP contribution < -0.4 is 20.7 Å². The first-order chi connectivity index (χ1) is 11.2. The molecule has 6 heteroatoms. The van der Waals surface area contributed by atoms with E-state index >= 15 is 0 Å². The van der Waals surface area contributed by atoms with Crippen LogP contribution in [-0.2, 0) is 9.59 Å². The molecule has 1 aromatic rings. The number of piperidine rings is 1. The minimum absolute atomic E-state index is 0.00373. The molecule has 0 aromatic heterocycles. The molecule has 2 fully saturated rings. The number of ether oxygens (including phenoxy) is 1. The fourth-order valence-electron chi connectivity index (χ4n) is 3.35. The van der Waals surface area contributed by atoms with Crippen molar-refractivity contribution >= 4 is 11.8 Å². The molecule has 0 radical (unpaired) electrons. The summed E-state index contributed by atoms with van der Waals surface area (Å²) in [5, 5.41) is 9.14. The summed E-state index contributed by atoms with van der Waals surface area (Å²) in [7, 11) is 0. The second-order valence-corrected chi connectivity index (χ2v) is 6.25. The van der Waals surface area contributed by atoms with E-state index in [-0.39, 0.29) is 31.0 Å². The second kappa shape index (κ2) is 7.46. The topological polar surface area (TPSA) is 79.5 Å². The predicted molar refractivity (Wildman–Crippen MR) is 86.1 cm³/mol. The Hall–Kier alpha value is -2.08. The highest BCUT2D eigenvalue weighted by molar-refractivity contribution is 5.85. The molecular formula is C17H23N3O3. The fourth-order valence-corrected chi connectivity index (χ4v) is 3.35. The van der Waals surface area contributed by atoms with Crippen molar-refractivity contribution in [3.63, 3.8) is 0 Å². The molecule has 2 aliphatic heterocycles. The number of rotatable bonds is 6. The number of hydrogen-bond acceptors (Lipinski definition) is 4. The zero-order valence-electron chi connectivity index (χ0n) is 13.1. The van der Waals surface area contributed by atoms with E-state index in [1.165, 1.54) is 12.8 Å². The van der Waals surface area contributed by atoms with Crippen molar-refractivity contribution in [2.24, 2.45) is 0 Å². The van der Waals surface area contributed by atoms with E-state index in [4.69, 9.17) is 4.74 Å². The molecule has 1 aromatic carbocycles. The van der Waals surface area contributed by atoms with Gasteiger partial charge in [-0.1, -0.05) is 18.2 Å². The number of hydrogen-bond donors (Lipinski definition) is 3. The number of benzene rings is 1. The van der Waals surface area contributed by atoms with E-state index < -0.39 is 0 Å². The summed E-state index contributed by atoms with van der Waals surface area (Å²) in [6.45, 7) is -0.0922. The van der Waals surface area contributed by atoms with Gasteiger partial charge < -0.3 is 20.7 Å². The van der Waals surface area contributed by atoms with Crippen molar-refractivity contribution < 1.29 is 14.3 Å². The van der Waals surface area contributed by atoms with Gasteiger partial charge in [0.15, 0.2) is 6.61 Å². The molecule has 2 aliphatic rings. The summed E-state index contributed by atoms with van der Waals surface area (Å²) >= 11 is 0. The average molecular weight is 317 g/mol. The lowest BCUT2D eigenvalue weighted by Crippen LogP contribution is -2.50. The first-order valence-corrected chi connectivity index (χ1v) is 8.19. The van der Waals surface area contributed by atoms with E-state index in [9.17, 15) is 9.59 Å². The molecule has 124 valence electrons. The number of carbonyl (C=O) groups excluding carboxylic acids is 2. The van der Waals surface area contributed by atoms with Crippen LogP contribution in [-0.4, -0.2) is 43.1 Å². The van der Waals surface area contributed by atoms with Crippen LogP contribution in [0, 0.1) is 0 Å². The maximum atomic E-state index is 11.9. The number of amides is 2. The summed E-state index contributed by atoms with van der Waals surface area (Å²) in [4.78, 5) is 23.6. The summed E-state index contributed by atoms with van der Waals surface area (Å²) in [5.41, 5.74) is 0. The summed E-state index contributed by atoms with van der Waals surface area (Å²) in [6, 6.07) is 10.4. The normalized spacial score (nSPS) is 25.7. The molecule has 2 unspecified atom stereocenters. The first-order valence-electron chi connectivity index (χ1n) is 8.19. The number of nitrogens with one attached hydrogen (secondary N) is 3. The Labute approximate surface area is 136 Å². The Morgan fingerprint density at radius 3 is 2.48 bits per heavy atom. The molecule has 6 nitrogen and oxygen atoms in total. The van der Waals surface area contributed by atoms with Gasteiger partial charge in [0.1, 0.15) is 5.75 Å². The summed E-state index contributed by atoms with van der Waals surface area (Å²) in [5.74, 6) is 0.205. The van der Waals surface area contributed by atoms with Crippen LogP contribution in [0.25, 0.3) is 0 Å². The molecule has 2 heterocycles. The van der Waals surface area contributed by atoms with Gasteiger partial charge in [-0.25, -0.2) is 0 Å². The number of para-hydroxylation sites is 1. The zero-order valence-corrected chi connectivity index (χ0v) is 13.1. The Kier molecular flexibility index (Phi) is 5.12. The minimum atomic E-state index is -0.297. The third kappa shape index (κ3) is 4.69. The maximum absolute atomic E-state index is 11.9. The lowest BCUT2D eigenvalue weighted by Gasteiger charge is -2.29. The van der Waals surface area contributed by atoms with Crippen LogP contribution in [0.4, 0.5) is 0 Å². The molecular weight excluding hydrogens is 294 g/mol. The lowest BCUT2D eigenvalue weighted by atomic mass is 10.00. The minimum Gasteiger partial charge on any atom is -0.484 e. The van der Waals surface area contributed by atoms with Crippen LogP contribution in [0.2, 0.25) is 0 Å². The summed E-state index contributed by atoms with van der Waals surface area (Å²) < 4.78 is 5.33. The molecule has 2 atom stereocenters. The molecule has 2 amide bonds. The van der Waals surface area contributed by atoms with Crippen LogP contribution >= 0.6 is 0 Å². The summed E-state index contributed by atoms with van der Waals surface area (Å²) in [6.07, 6.45) is 4.36. The molecule has 3 N–H and O–H groups in total. The monoisotopic (exact) mass is 317 g/mol. The molecule has 2 saturated heterocycles. The SMILES string of the molecule is O=C(COc1ccccc1)NCC(=O)NC1CC2CCC(C1)N2. The van der Waals surface area contributed by atoms with Gasteiger partial charge in [0.05, 0.1) is 6.54 Å². The Morgan fingerprint density at radius 2 is 1.78 bits per heavy atom. The first kappa shape index (κ1) is 15.8.